The molecule has 1 aromatic rings. The highest BCUT2D eigenvalue weighted by atomic mass is 16.7. The molecule has 0 aliphatic carbocycles. The maximum atomic E-state index is 5.78. The van der Waals surface area contributed by atoms with E-state index in [1.807, 2.05) is 18.2 Å². The molecule has 120 valence electrons. The van der Waals surface area contributed by atoms with Crippen molar-refractivity contribution in [2.24, 2.45) is 11.1 Å². The van der Waals surface area contributed by atoms with Gasteiger partial charge in [0.15, 0.2) is 17.1 Å². The van der Waals surface area contributed by atoms with Crippen LogP contribution >= 0.6 is 0 Å². The molecule has 1 spiro atoms. The van der Waals surface area contributed by atoms with Crippen LogP contribution in [0.25, 0.3) is 0 Å². The molecule has 0 N–H and O–H groups in total. The Balaban J connectivity index is 1.75. The van der Waals surface area contributed by atoms with Crippen molar-refractivity contribution >= 4 is 5.71 Å². The minimum atomic E-state index is -0.255. The van der Waals surface area contributed by atoms with Crippen molar-refractivity contribution in [3.05, 3.63) is 23.8 Å². The summed E-state index contributed by atoms with van der Waals surface area (Å²) in [4.78, 5) is 5.64. The first kappa shape index (κ1) is 15.2. The summed E-state index contributed by atoms with van der Waals surface area (Å²) in [5, 5.41) is 4.26. The van der Waals surface area contributed by atoms with Crippen molar-refractivity contribution in [1.82, 2.24) is 0 Å². The van der Waals surface area contributed by atoms with Crippen LogP contribution in [0, 0.1) is 5.92 Å². The zero-order valence-electron chi connectivity index (χ0n) is 13.4. The van der Waals surface area contributed by atoms with Crippen molar-refractivity contribution in [1.29, 1.82) is 0 Å². The zero-order chi connectivity index (χ0) is 15.6. The second-order valence-electron chi connectivity index (χ2n) is 6.36. The molecule has 5 nitrogen and oxygen atoms in total. The van der Waals surface area contributed by atoms with E-state index in [-0.39, 0.29) is 5.60 Å². The largest absolute Gasteiger partial charge is 0.493 e. The number of methoxy groups -OCH3 is 1. The predicted octanol–water partition coefficient (Wildman–Crippen LogP) is 3.01. The summed E-state index contributed by atoms with van der Waals surface area (Å²) in [5.41, 5.74) is 1.70. The SMILES string of the molecule is COc1cc(C2=NOC3(CCOC3)C2)ccc1OCC(C)C. The van der Waals surface area contributed by atoms with E-state index in [2.05, 4.69) is 19.0 Å². The average Bonchev–Trinajstić information content (AvgIpc) is 3.15. The monoisotopic (exact) mass is 305 g/mol. The summed E-state index contributed by atoms with van der Waals surface area (Å²) < 4.78 is 16.7. The number of rotatable bonds is 5. The number of benzene rings is 1. The van der Waals surface area contributed by atoms with E-state index >= 15 is 0 Å². The van der Waals surface area contributed by atoms with Crippen LogP contribution in [0.4, 0.5) is 0 Å². The van der Waals surface area contributed by atoms with Crippen molar-refractivity contribution in [3.63, 3.8) is 0 Å². The van der Waals surface area contributed by atoms with Gasteiger partial charge in [0.1, 0.15) is 0 Å². The lowest BCUT2D eigenvalue weighted by atomic mass is 9.93. The second kappa shape index (κ2) is 6.16. The molecule has 3 rings (SSSR count). The van der Waals surface area contributed by atoms with Crippen molar-refractivity contribution < 1.29 is 19.0 Å². The molecular formula is C17H23NO4. The Hall–Kier alpha value is -1.75. The fourth-order valence-corrected chi connectivity index (χ4v) is 2.70. The summed E-state index contributed by atoms with van der Waals surface area (Å²) in [7, 11) is 1.65. The third-order valence-electron chi connectivity index (χ3n) is 3.98. The van der Waals surface area contributed by atoms with Crippen LogP contribution in [0.2, 0.25) is 0 Å². The number of ether oxygens (including phenoxy) is 3. The highest BCUT2D eigenvalue weighted by molar-refractivity contribution is 6.02. The Labute approximate surface area is 131 Å². The highest BCUT2D eigenvalue weighted by Crippen LogP contribution is 2.36. The summed E-state index contributed by atoms with van der Waals surface area (Å²) in [5.74, 6) is 1.96. The van der Waals surface area contributed by atoms with Gasteiger partial charge < -0.3 is 19.0 Å². The van der Waals surface area contributed by atoms with Crippen molar-refractivity contribution in [3.8, 4) is 11.5 Å². The molecular weight excluding hydrogens is 282 g/mol. The topological polar surface area (TPSA) is 49.3 Å². The van der Waals surface area contributed by atoms with Gasteiger partial charge in [-0.05, 0) is 24.1 Å². The molecule has 1 fully saturated rings. The first-order valence-corrected chi connectivity index (χ1v) is 7.76. The number of nitrogens with zero attached hydrogens (tertiary/aromatic N) is 1. The molecule has 0 radical (unpaired) electrons. The molecule has 2 heterocycles. The normalized spacial score (nSPS) is 23.7. The lowest BCUT2D eigenvalue weighted by molar-refractivity contribution is -0.0237. The molecule has 22 heavy (non-hydrogen) atoms. The average molecular weight is 305 g/mol. The van der Waals surface area contributed by atoms with Gasteiger partial charge in [0, 0.05) is 18.4 Å². The van der Waals surface area contributed by atoms with E-state index in [0.29, 0.717) is 19.1 Å². The van der Waals surface area contributed by atoms with Crippen LogP contribution < -0.4 is 9.47 Å². The molecule has 0 amide bonds. The van der Waals surface area contributed by atoms with Gasteiger partial charge in [0.25, 0.3) is 0 Å². The summed E-state index contributed by atoms with van der Waals surface area (Å²) in [6.45, 7) is 6.27. The van der Waals surface area contributed by atoms with Crippen LogP contribution in [0.15, 0.2) is 23.4 Å². The molecule has 1 saturated heterocycles. The molecule has 2 aliphatic rings. The fourth-order valence-electron chi connectivity index (χ4n) is 2.70. The molecule has 1 aromatic carbocycles. The van der Waals surface area contributed by atoms with Gasteiger partial charge in [-0.3, -0.25) is 0 Å². The number of hydrogen-bond acceptors (Lipinski definition) is 5. The number of oxime groups is 1. The van der Waals surface area contributed by atoms with E-state index in [1.54, 1.807) is 7.11 Å². The van der Waals surface area contributed by atoms with E-state index in [1.165, 1.54) is 0 Å². The predicted molar refractivity (Wildman–Crippen MR) is 83.7 cm³/mol. The van der Waals surface area contributed by atoms with Gasteiger partial charge in [-0.25, -0.2) is 0 Å². The standard InChI is InChI=1S/C17H23NO4/c1-12(2)10-21-15-5-4-13(8-16(15)19-3)14-9-17(22-18-14)6-7-20-11-17/h4-5,8,12H,6-7,9-11H2,1-3H3. The van der Waals surface area contributed by atoms with Crippen LogP contribution in [-0.2, 0) is 9.57 Å². The Morgan fingerprint density at radius 3 is 2.86 bits per heavy atom. The molecule has 1 unspecified atom stereocenters. The molecule has 0 aromatic heterocycles. The van der Waals surface area contributed by atoms with Gasteiger partial charge in [0.05, 0.1) is 32.6 Å². The first-order chi connectivity index (χ1) is 10.6. The quantitative estimate of drug-likeness (QED) is 0.839. The molecule has 2 aliphatic heterocycles. The Bertz CT molecular complexity index is 562. The lowest BCUT2D eigenvalue weighted by Gasteiger charge is -2.17. The van der Waals surface area contributed by atoms with Crippen LogP contribution in [-0.4, -0.2) is 38.2 Å². The molecule has 1 atom stereocenters. The second-order valence-corrected chi connectivity index (χ2v) is 6.36. The minimum Gasteiger partial charge on any atom is -0.493 e. The molecule has 0 bridgehead atoms. The van der Waals surface area contributed by atoms with Gasteiger partial charge in [0.2, 0.25) is 0 Å². The molecule has 0 saturated carbocycles. The van der Waals surface area contributed by atoms with Gasteiger partial charge >= 0.3 is 0 Å². The van der Waals surface area contributed by atoms with Gasteiger partial charge in [-0.15, -0.1) is 0 Å². The van der Waals surface area contributed by atoms with Gasteiger partial charge in [-0.1, -0.05) is 19.0 Å². The Morgan fingerprint density at radius 1 is 1.32 bits per heavy atom. The minimum absolute atomic E-state index is 0.255. The fraction of sp³-hybridized carbons (Fsp3) is 0.588. The van der Waals surface area contributed by atoms with Crippen molar-refractivity contribution in [2.45, 2.75) is 32.3 Å². The summed E-state index contributed by atoms with van der Waals surface area (Å²) in [6, 6.07) is 5.91. The Morgan fingerprint density at radius 2 is 2.18 bits per heavy atom. The van der Waals surface area contributed by atoms with E-state index in [9.17, 15) is 0 Å². The van der Waals surface area contributed by atoms with E-state index in [4.69, 9.17) is 19.0 Å². The van der Waals surface area contributed by atoms with E-state index < -0.39 is 0 Å². The van der Waals surface area contributed by atoms with E-state index in [0.717, 1.165) is 42.2 Å². The maximum absolute atomic E-state index is 5.78. The maximum Gasteiger partial charge on any atom is 0.168 e. The molecule has 5 heteroatoms. The van der Waals surface area contributed by atoms with Crippen molar-refractivity contribution in [2.75, 3.05) is 26.9 Å². The summed E-state index contributed by atoms with van der Waals surface area (Å²) in [6.07, 6.45) is 1.68. The zero-order valence-corrected chi connectivity index (χ0v) is 13.4. The third kappa shape index (κ3) is 3.04. The Kier molecular flexibility index (Phi) is 4.25. The van der Waals surface area contributed by atoms with Crippen LogP contribution in [0.3, 0.4) is 0 Å². The first-order valence-electron chi connectivity index (χ1n) is 7.76. The third-order valence-corrected chi connectivity index (χ3v) is 3.98. The smallest absolute Gasteiger partial charge is 0.168 e. The highest BCUT2D eigenvalue weighted by Gasteiger charge is 2.43. The lowest BCUT2D eigenvalue weighted by Crippen LogP contribution is -2.29. The number of hydrogen-bond donors (Lipinski definition) is 0. The van der Waals surface area contributed by atoms with Crippen LogP contribution in [0.5, 0.6) is 11.5 Å². The van der Waals surface area contributed by atoms with Gasteiger partial charge in [-0.2, -0.15) is 0 Å². The van der Waals surface area contributed by atoms with Crippen LogP contribution in [0.1, 0.15) is 32.3 Å². The summed E-state index contributed by atoms with van der Waals surface area (Å²) >= 11 is 0.